The highest BCUT2D eigenvalue weighted by atomic mass is 32.2. The van der Waals surface area contributed by atoms with Crippen molar-refractivity contribution in [3.05, 3.63) is 29.8 Å². The van der Waals surface area contributed by atoms with E-state index in [1.807, 2.05) is 11.8 Å². The SMILES string of the molecule is O=C1CC[C@]23c4ccccc4S[C@H]2[C@H]13. The van der Waals surface area contributed by atoms with Gasteiger partial charge in [0.2, 0.25) is 0 Å². The number of hydrogen-bond acceptors (Lipinski definition) is 2. The van der Waals surface area contributed by atoms with E-state index in [0.717, 1.165) is 12.8 Å². The van der Waals surface area contributed by atoms with Gasteiger partial charge in [-0.15, -0.1) is 11.8 Å². The molecule has 14 heavy (non-hydrogen) atoms. The largest absolute Gasteiger partial charge is 0.299 e. The molecule has 0 aromatic heterocycles. The van der Waals surface area contributed by atoms with Gasteiger partial charge in [0.15, 0.2) is 0 Å². The third-order valence-electron chi connectivity index (χ3n) is 4.03. The average molecular weight is 202 g/mol. The molecule has 1 aromatic rings. The third-order valence-corrected chi connectivity index (χ3v) is 5.59. The lowest BCUT2D eigenvalue weighted by Crippen LogP contribution is -2.05. The van der Waals surface area contributed by atoms with E-state index in [4.69, 9.17) is 0 Å². The van der Waals surface area contributed by atoms with Gasteiger partial charge in [-0.3, -0.25) is 4.79 Å². The summed E-state index contributed by atoms with van der Waals surface area (Å²) in [6.45, 7) is 0. The first kappa shape index (κ1) is 7.52. The molecular weight excluding hydrogens is 192 g/mol. The predicted octanol–water partition coefficient (Wildman–Crippen LogP) is 2.39. The highest BCUT2D eigenvalue weighted by Crippen LogP contribution is 2.74. The lowest BCUT2D eigenvalue weighted by molar-refractivity contribution is -0.119. The molecule has 0 radical (unpaired) electrons. The number of thioether (sulfide) groups is 1. The number of ketones is 1. The van der Waals surface area contributed by atoms with Gasteiger partial charge in [0, 0.05) is 27.9 Å². The Morgan fingerprint density at radius 1 is 1.36 bits per heavy atom. The molecule has 0 N–H and O–H groups in total. The van der Waals surface area contributed by atoms with Gasteiger partial charge in [-0.2, -0.15) is 0 Å². The molecule has 0 bridgehead atoms. The summed E-state index contributed by atoms with van der Waals surface area (Å²) in [7, 11) is 0. The van der Waals surface area contributed by atoms with Crippen LogP contribution in [0.5, 0.6) is 0 Å². The first-order valence-electron chi connectivity index (χ1n) is 5.13. The van der Waals surface area contributed by atoms with Crippen molar-refractivity contribution in [2.75, 3.05) is 0 Å². The Bertz CT molecular complexity index is 453. The molecule has 1 aromatic carbocycles. The normalized spacial score (nSPS) is 41.9. The molecular formula is C12H10OS. The van der Waals surface area contributed by atoms with Crippen molar-refractivity contribution in [3.8, 4) is 0 Å². The fourth-order valence-electron chi connectivity index (χ4n) is 3.36. The minimum Gasteiger partial charge on any atom is -0.299 e. The number of carbonyl (C=O) groups excluding carboxylic acids is 1. The molecule has 1 spiro atoms. The van der Waals surface area contributed by atoms with Crippen molar-refractivity contribution in [1.82, 2.24) is 0 Å². The second kappa shape index (κ2) is 2.08. The fourth-order valence-corrected chi connectivity index (χ4v) is 5.23. The maximum atomic E-state index is 11.6. The van der Waals surface area contributed by atoms with Crippen molar-refractivity contribution >= 4 is 17.5 Å². The molecule has 2 heteroatoms. The van der Waals surface area contributed by atoms with Crippen LogP contribution in [-0.4, -0.2) is 11.0 Å². The maximum absolute atomic E-state index is 11.6. The molecule has 0 amide bonds. The van der Waals surface area contributed by atoms with Crippen LogP contribution in [0, 0.1) is 5.92 Å². The van der Waals surface area contributed by atoms with Crippen LogP contribution in [0.2, 0.25) is 0 Å². The van der Waals surface area contributed by atoms with Gasteiger partial charge >= 0.3 is 0 Å². The second-order valence-corrected chi connectivity index (χ2v) is 5.70. The minimum absolute atomic E-state index is 0.290. The quantitative estimate of drug-likeness (QED) is 0.642. The molecule has 1 nitrogen and oxygen atoms in total. The van der Waals surface area contributed by atoms with Crippen LogP contribution < -0.4 is 0 Å². The summed E-state index contributed by atoms with van der Waals surface area (Å²) in [6, 6.07) is 8.62. The van der Waals surface area contributed by atoms with E-state index >= 15 is 0 Å². The Morgan fingerprint density at radius 2 is 2.21 bits per heavy atom. The van der Waals surface area contributed by atoms with Gasteiger partial charge < -0.3 is 0 Å². The van der Waals surface area contributed by atoms with Crippen LogP contribution in [0.1, 0.15) is 18.4 Å². The average Bonchev–Trinajstić information content (AvgIpc) is 2.54. The first-order chi connectivity index (χ1) is 6.84. The summed E-state index contributed by atoms with van der Waals surface area (Å²) in [5, 5.41) is 0.598. The first-order valence-corrected chi connectivity index (χ1v) is 6.01. The fraction of sp³-hybridized carbons (Fsp3) is 0.417. The van der Waals surface area contributed by atoms with E-state index in [0.29, 0.717) is 22.4 Å². The Labute approximate surface area is 86.9 Å². The highest BCUT2D eigenvalue weighted by molar-refractivity contribution is 8.00. The van der Waals surface area contributed by atoms with Gasteiger partial charge in [-0.05, 0) is 18.1 Å². The van der Waals surface area contributed by atoms with E-state index in [-0.39, 0.29) is 0 Å². The van der Waals surface area contributed by atoms with Crippen molar-refractivity contribution < 1.29 is 4.79 Å². The molecule has 2 fully saturated rings. The van der Waals surface area contributed by atoms with Crippen LogP contribution in [0.3, 0.4) is 0 Å². The molecule has 3 atom stereocenters. The van der Waals surface area contributed by atoms with Crippen molar-refractivity contribution in [2.24, 2.45) is 5.92 Å². The summed E-state index contributed by atoms with van der Waals surface area (Å²) in [5.74, 6) is 0.888. The number of hydrogen-bond donors (Lipinski definition) is 0. The van der Waals surface area contributed by atoms with Gasteiger partial charge in [0.05, 0.1) is 0 Å². The standard InChI is InChI=1S/C12H10OS/c13-8-5-6-12-7-3-1-2-4-9(7)14-11(12)10(8)12/h1-4,10-11H,5-6H2/t10-,11-,12+/m0/s1. The second-order valence-electron chi connectivity index (χ2n) is 4.52. The van der Waals surface area contributed by atoms with E-state index in [9.17, 15) is 4.79 Å². The van der Waals surface area contributed by atoms with Crippen LogP contribution in [0.15, 0.2) is 29.2 Å². The van der Waals surface area contributed by atoms with Crippen LogP contribution in [0.25, 0.3) is 0 Å². The monoisotopic (exact) mass is 202 g/mol. The van der Waals surface area contributed by atoms with Crippen LogP contribution >= 0.6 is 11.8 Å². The number of benzene rings is 1. The zero-order chi connectivity index (χ0) is 9.34. The zero-order valence-corrected chi connectivity index (χ0v) is 8.51. The van der Waals surface area contributed by atoms with E-state index in [1.54, 1.807) is 0 Å². The maximum Gasteiger partial charge on any atom is 0.138 e. The Morgan fingerprint density at radius 3 is 3.14 bits per heavy atom. The number of rotatable bonds is 0. The van der Waals surface area contributed by atoms with Gasteiger partial charge in [0.25, 0.3) is 0 Å². The molecule has 4 rings (SSSR count). The Balaban J connectivity index is 1.94. The van der Waals surface area contributed by atoms with Gasteiger partial charge in [-0.25, -0.2) is 0 Å². The molecule has 0 unspecified atom stereocenters. The molecule has 1 heterocycles. The summed E-state index contributed by atoms with van der Waals surface area (Å²) in [4.78, 5) is 13.0. The summed E-state index contributed by atoms with van der Waals surface area (Å²) in [5.41, 5.74) is 1.75. The molecule has 1 aliphatic heterocycles. The lowest BCUT2D eigenvalue weighted by Gasteiger charge is -2.09. The van der Waals surface area contributed by atoms with Crippen LogP contribution in [0.4, 0.5) is 0 Å². The molecule has 0 saturated heterocycles. The van der Waals surface area contributed by atoms with Gasteiger partial charge in [-0.1, -0.05) is 18.2 Å². The molecule has 3 aliphatic rings. The predicted molar refractivity (Wildman–Crippen MR) is 55.5 cm³/mol. The summed E-state index contributed by atoms with van der Waals surface area (Å²) in [6.07, 6.45) is 1.92. The molecule has 70 valence electrons. The van der Waals surface area contributed by atoms with E-state index < -0.39 is 0 Å². The Hall–Kier alpha value is -0.760. The van der Waals surface area contributed by atoms with E-state index in [1.165, 1.54) is 10.5 Å². The lowest BCUT2D eigenvalue weighted by atomic mass is 9.93. The highest BCUT2D eigenvalue weighted by Gasteiger charge is 2.74. The molecule has 2 aliphatic carbocycles. The van der Waals surface area contributed by atoms with Gasteiger partial charge in [0.1, 0.15) is 5.78 Å². The topological polar surface area (TPSA) is 17.1 Å². The minimum atomic E-state index is 0.290. The summed E-state index contributed by atoms with van der Waals surface area (Å²) >= 11 is 1.93. The van der Waals surface area contributed by atoms with Crippen molar-refractivity contribution in [2.45, 2.75) is 28.4 Å². The Kier molecular flexibility index (Phi) is 1.12. The smallest absolute Gasteiger partial charge is 0.138 e. The van der Waals surface area contributed by atoms with Crippen molar-refractivity contribution in [1.29, 1.82) is 0 Å². The van der Waals surface area contributed by atoms with Crippen LogP contribution in [-0.2, 0) is 10.2 Å². The zero-order valence-electron chi connectivity index (χ0n) is 7.69. The number of Topliss-reactive ketones (excluding diaryl/α,β-unsaturated/α-hetero) is 1. The van der Waals surface area contributed by atoms with Crippen molar-refractivity contribution in [3.63, 3.8) is 0 Å². The van der Waals surface area contributed by atoms with E-state index in [2.05, 4.69) is 24.3 Å². The summed E-state index contributed by atoms with van der Waals surface area (Å²) < 4.78 is 0. The third kappa shape index (κ3) is 0.602. The molecule has 2 saturated carbocycles. The number of carbonyl (C=O) groups is 1. The number of fused-ring (bicyclic) bond motifs is 2.